The maximum absolute atomic E-state index is 13.6. The molecule has 0 saturated carbocycles. The van der Waals surface area contributed by atoms with Crippen LogP contribution in [0.15, 0.2) is 46.9 Å². The first-order valence-corrected chi connectivity index (χ1v) is 9.45. The van der Waals surface area contributed by atoms with E-state index < -0.39 is 5.82 Å². The molecule has 1 fully saturated rings. The SMILES string of the molecule is COc1ccc(CN2CCCN(C(=O)c3cc(F)cc(Br)c3)CC2)cc1. The van der Waals surface area contributed by atoms with E-state index in [1.807, 2.05) is 17.0 Å². The average molecular weight is 421 g/mol. The summed E-state index contributed by atoms with van der Waals surface area (Å²) in [5.41, 5.74) is 1.61. The summed E-state index contributed by atoms with van der Waals surface area (Å²) in [5, 5.41) is 0. The molecule has 0 bridgehead atoms. The Morgan fingerprint density at radius 3 is 2.58 bits per heavy atom. The molecule has 1 aliphatic heterocycles. The van der Waals surface area contributed by atoms with E-state index in [1.54, 1.807) is 13.2 Å². The van der Waals surface area contributed by atoms with Gasteiger partial charge in [0.25, 0.3) is 5.91 Å². The summed E-state index contributed by atoms with van der Waals surface area (Å²) in [4.78, 5) is 16.9. The van der Waals surface area contributed by atoms with E-state index in [-0.39, 0.29) is 5.91 Å². The lowest BCUT2D eigenvalue weighted by Gasteiger charge is -2.22. The molecule has 0 spiro atoms. The van der Waals surface area contributed by atoms with Gasteiger partial charge in [0, 0.05) is 42.8 Å². The number of ether oxygens (including phenoxy) is 1. The van der Waals surface area contributed by atoms with Crippen molar-refractivity contribution in [3.63, 3.8) is 0 Å². The molecule has 138 valence electrons. The van der Waals surface area contributed by atoms with E-state index in [2.05, 4.69) is 33.0 Å². The fourth-order valence-corrected chi connectivity index (χ4v) is 3.65. The van der Waals surface area contributed by atoms with Gasteiger partial charge in [0.2, 0.25) is 0 Å². The third-order valence-electron chi connectivity index (χ3n) is 4.55. The van der Waals surface area contributed by atoms with E-state index in [0.29, 0.717) is 23.1 Å². The Morgan fingerprint density at radius 1 is 1.12 bits per heavy atom. The van der Waals surface area contributed by atoms with E-state index >= 15 is 0 Å². The lowest BCUT2D eigenvalue weighted by molar-refractivity contribution is 0.0760. The minimum absolute atomic E-state index is 0.114. The molecule has 0 radical (unpaired) electrons. The standard InChI is InChI=1S/C20H22BrFN2O2/c1-26-19-5-3-15(4-6-19)14-23-7-2-8-24(10-9-23)20(25)16-11-17(21)13-18(22)12-16/h3-6,11-13H,2,7-10,14H2,1H3. The van der Waals surface area contributed by atoms with Gasteiger partial charge in [-0.2, -0.15) is 0 Å². The maximum Gasteiger partial charge on any atom is 0.254 e. The van der Waals surface area contributed by atoms with Gasteiger partial charge in [0.05, 0.1) is 7.11 Å². The molecule has 3 rings (SSSR count). The van der Waals surface area contributed by atoms with Crippen LogP contribution in [0.3, 0.4) is 0 Å². The van der Waals surface area contributed by atoms with Crippen LogP contribution in [0.25, 0.3) is 0 Å². The van der Waals surface area contributed by atoms with Gasteiger partial charge in [-0.3, -0.25) is 9.69 Å². The van der Waals surface area contributed by atoms with Crippen LogP contribution in [-0.2, 0) is 6.54 Å². The third kappa shape index (κ3) is 4.83. The van der Waals surface area contributed by atoms with Gasteiger partial charge < -0.3 is 9.64 Å². The summed E-state index contributed by atoms with van der Waals surface area (Å²) in [7, 11) is 1.66. The van der Waals surface area contributed by atoms with Crippen molar-refractivity contribution in [3.8, 4) is 5.75 Å². The molecular formula is C20H22BrFN2O2. The number of carbonyl (C=O) groups excluding carboxylic acids is 1. The van der Waals surface area contributed by atoms with E-state index in [9.17, 15) is 9.18 Å². The van der Waals surface area contributed by atoms with Crippen molar-refractivity contribution in [2.45, 2.75) is 13.0 Å². The van der Waals surface area contributed by atoms with Crippen LogP contribution in [0.2, 0.25) is 0 Å². The van der Waals surface area contributed by atoms with Crippen molar-refractivity contribution in [2.24, 2.45) is 0 Å². The van der Waals surface area contributed by atoms with Gasteiger partial charge >= 0.3 is 0 Å². The molecule has 0 atom stereocenters. The molecule has 4 nitrogen and oxygen atoms in total. The highest BCUT2D eigenvalue weighted by Crippen LogP contribution is 2.18. The number of methoxy groups -OCH3 is 1. The molecule has 0 aromatic heterocycles. The predicted octanol–water partition coefficient (Wildman–Crippen LogP) is 3.94. The zero-order valence-corrected chi connectivity index (χ0v) is 16.3. The first-order chi connectivity index (χ1) is 12.5. The van der Waals surface area contributed by atoms with E-state index in [4.69, 9.17) is 4.74 Å². The molecule has 0 aliphatic carbocycles. The minimum atomic E-state index is -0.404. The number of carbonyl (C=O) groups is 1. The highest BCUT2D eigenvalue weighted by Gasteiger charge is 2.21. The summed E-state index contributed by atoms with van der Waals surface area (Å²) in [6, 6.07) is 12.4. The highest BCUT2D eigenvalue weighted by atomic mass is 79.9. The van der Waals surface area contributed by atoms with Crippen LogP contribution in [0.5, 0.6) is 5.75 Å². The second-order valence-corrected chi connectivity index (χ2v) is 7.34. The minimum Gasteiger partial charge on any atom is -0.497 e. The quantitative estimate of drug-likeness (QED) is 0.750. The van der Waals surface area contributed by atoms with Crippen LogP contribution in [0, 0.1) is 5.82 Å². The van der Waals surface area contributed by atoms with Crippen LogP contribution < -0.4 is 4.74 Å². The Bertz CT molecular complexity index is 747. The molecular weight excluding hydrogens is 399 g/mol. The smallest absolute Gasteiger partial charge is 0.254 e. The normalized spacial score (nSPS) is 15.6. The number of rotatable bonds is 4. The Labute approximate surface area is 161 Å². The zero-order valence-electron chi connectivity index (χ0n) is 14.8. The van der Waals surface area contributed by atoms with Crippen molar-refractivity contribution < 1.29 is 13.9 Å². The molecule has 6 heteroatoms. The zero-order chi connectivity index (χ0) is 18.5. The molecule has 1 amide bonds. The summed E-state index contributed by atoms with van der Waals surface area (Å²) in [6.07, 6.45) is 0.901. The van der Waals surface area contributed by atoms with Crippen molar-refractivity contribution in [1.82, 2.24) is 9.80 Å². The number of benzene rings is 2. The fraction of sp³-hybridized carbons (Fsp3) is 0.350. The Kier molecular flexibility index (Phi) is 6.27. The topological polar surface area (TPSA) is 32.8 Å². The number of amides is 1. The maximum atomic E-state index is 13.6. The first kappa shape index (κ1) is 18.9. The Balaban J connectivity index is 1.61. The molecule has 2 aromatic rings. The summed E-state index contributed by atoms with van der Waals surface area (Å²) >= 11 is 3.25. The predicted molar refractivity (Wildman–Crippen MR) is 103 cm³/mol. The van der Waals surface area contributed by atoms with Gasteiger partial charge in [-0.05, 0) is 42.3 Å². The fourth-order valence-electron chi connectivity index (χ4n) is 3.18. The molecule has 26 heavy (non-hydrogen) atoms. The van der Waals surface area contributed by atoms with Gasteiger partial charge in [-0.25, -0.2) is 4.39 Å². The van der Waals surface area contributed by atoms with Gasteiger partial charge in [0.1, 0.15) is 11.6 Å². The largest absolute Gasteiger partial charge is 0.497 e. The number of hydrogen-bond donors (Lipinski definition) is 0. The summed E-state index contributed by atoms with van der Waals surface area (Å²) in [6.45, 7) is 3.91. The number of nitrogens with zero attached hydrogens (tertiary/aromatic N) is 2. The van der Waals surface area contributed by atoms with Gasteiger partial charge in [0.15, 0.2) is 0 Å². The molecule has 0 N–H and O–H groups in total. The van der Waals surface area contributed by atoms with Crippen molar-refractivity contribution in [2.75, 3.05) is 33.3 Å². The van der Waals surface area contributed by atoms with Crippen LogP contribution in [0.4, 0.5) is 4.39 Å². The number of hydrogen-bond acceptors (Lipinski definition) is 3. The second kappa shape index (κ2) is 8.64. The lowest BCUT2D eigenvalue weighted by Crippen LogP contribution is -2.35. The van der Waals surface area contributed by atoms with Crippen LogP contribution in [-0.4, -0.2) is 49.0 Å². The summed E-state index contributed by atoms with van der Waals surface area (Å²) < 4.78 is 19.3. The Hall–Kier alpha value is -1.92. The Morgan fingerprint density at radius 2 is 1.88 bits per heavy atom. The lowest BCUT2D eigenvalue weighted by atomic mass is 10.2. The third-order valence-corrected chi connectivity index (χ3v) is 5.01. The first-order valence-electron chi connectivity index (χ1n) is 8.66. The summed E-state index contributed by atoms with van der Waals surface area (Å²) in [5.74, 6) is 0.331. The molecule has 0 unspecified atom stereocenters. The monoisotopic (exact) mass is 420 g/mol. The van der Waals surface area contributed by atoms with Crippen molar-refractivity contribution in [3.05, 3.63) is 63.9 Å². The molecule has 1 saturated heterocycles. The average Bonchev–Trinajstić information content (AvgIpc) is 2.86. The molecule has 2 aromatic carbocycles. The van der Waals surface area contributed by atoms with Gasteiger partial charge in [-0.15, -0.1) is 0 Å². The van der Waals surface area contributed by atoms with Crippen LogP contribution in [0.1, 0.15) is 22.3 Å². The van der Waals surface area contributed by atoms with E-state index in [1.165, 1.54) is 17.7 Å². The van der Waals surface area contributed by atoms with Gasteiger partial charge in [-0.1, -0.05) is 28.1 Å². The van der Waals surface area contributed by atoms with Crippen molar-refractivity contribution in [1.29, 1.82) is 0 Å². The highest BCUT2D eigenvalue weighted by molar-refractivity contribution is 9.10. The molecule has 1 aliphatic rings. The van der Waals surface area contributed by atoms with Crippen LogP contribution >= 0.6 is 15.9 Å². The second-order valence-electron chi connectivity index (χ2n) is 6.43. The number of halogens is 2. The van der Waals surface area contributed by atoms with Crippen molar-refractivity contribution >= 4 is 21.8 Å². The molecule has 1 heterocycles. The van der Waals surface area contributed by atoms with E-state index in [0.717, 1.165) is 31.8 Å².